The number of halogens is 2. The van der Waals surface area contributed by atoms with E-state index in [4.69, 9.17) is 23.2 Å². The zero-order valence-corrected chi connectivity index (χ0v) is 12.3. The molecule has 0 atom stereocenters. The van der Waals surface area contributed by atoms with E-state index < -0.39 is 10.8 Å². The van der Waals surface area contributed by atoms with Gasteiger partial charge in [0, 0.05) is 6.07 Å². The predicted octanol–water partition coefficient (Wildman–Crippen LogP) is 3.86. The Labute approximate surface area is 129 Å². The Hall–Kier alpha value is -2.18. The molecule has 108 valence electrons. The van der Waals surface area contributed by atoms with Crippen LogP contribution in [0.25, 0.3) is 0 Å². The summed E-state index contributed by atoms with van der Waals surface area (Å²) < 4.78 is 0. The topological polar surface area (TPSA) is 85.1 Å². The van der Waals surface area contributed by atoms with Crippen molar-refractivity contribution in [2.24, 2.45) is 0 Å². The van der Waals surface area contributed by atoms with Crippen LogP contribution in [-0.4, -0.2) is 15.8 Å². The number of pyridine rings is 1. The molecular formula is C13H9Cl2N3O3. The van der Waals surface area contributed by atoms with Crippen LogP contribution in [0, 0.1) is 17.0 Å². The highest BCUT2D eigenvalue weighted by molar-refractivity contribution is 6.34. The first kappa shape index (κ1) is 15.2. The molecule has 1 heterocycles. The number of nitrogens with zero attached hydrogens (tertiary/aromatic N) is 2. The molecule has 0 aliphatic carbocycles. The molecule has 0 spiro atoms. The SMILES string of the molecule is Cc1ccc(C(=O)Nc2nc(Cl)ccc2[N+](=O)[O-])c(Cl)c1. The van der Waals surface area contributed by atoms with Gasteiger partial charge in [-0.3, -0.25) is 14.9 Å². The molecule has 1 N–H and O–H groups in total. The molecule has 1 aromatic carbocycles. The van der Waals surface area contributed by atoms with E-state index in [-0.39, 0.29) is 27.2 Å². The standard InChI is InChI=1S/C13H9Cl2N3O3/c1-7-2-3-8(9(14)6-7)13(19)17-12-10(18(20)21)4-5-11(15)16-12/h2-6H,1H3,(H,16,17,19). The van der Waals surface area contributed by atoms with Gasteiger partial charge >= 0.3 is 5.69 Å². The van der Waals surface area contributed by atoms with Crippen molar-refractivity contribution in [3.63, 3.8) is 0 Å². The lowest BCUT2D eigenvalue weighted by Crippen LogP contribution is -2.15. The van der Waals surface area contributed by atoms with E-state index in [1.165, 1.54) is 18.2 Å². The molecule has 0 saturated heterocycles. The molecule has 0 radical (unpaired) electrons. The van der Waals surface area contributed by atoms with E-state index in [9.17, 15) is 14.9 Å². The number of aromatic nitrogens is 1. The molecule has 1 amide bonds. The second kappa shape index (κ2) is 6.07. The van der Waals surface area contributed by atoms with Crippen molar-refractivity contribution in [2.75, 3.05) is 5.32 Å². The Kier molecular flexibility index (Phi) is 4.40. The Morgan fingerprint density at radius 2 is 2.00 bits per heavy atom. The average molecular weight is 326 g/mol. The number of nitro groups is 1. The number of anilines is 1. The van der Waals surface area contributed by atoms with Crippen LogP contribution in [0.1, 0.15) is 15.9 Å². The van der Waals surface area contributed by atoms with Crippen LogP contribution in [0.5, 0.6) is 0 Å². The van der Waals surface area contributed by atoms with Crippen molar-refractivity contribution < 1.29 is 9.72 Å². The first-order chi connectivity index (χ1) is 9.88. The highest BCUT2D eigenvalue weighted by atomic mass is 35.5. The van der Waals surface area contributed by atoms with Crippen LogP contribution in [0.3, 0.4) is 0 Å². The quantitative estimate of drug-likeness (QED) is 0.527. The smallest absolute Gasteiger partial charge is 0.301 e. The number of hydrogen-bond donors (Lipinski definition) is 1. The van der Waals surface area contributed by atoms with E-state index in [0.29, 0.717) is 0 Å². The van der Waals surface area contributed by atoms with Crippen molar-refractivity contribution in [1.82, 2.24) is 4.98 Å². The maximum atomic E-state index is 12.1. The van der Waals surface area contributed by atoms with Gasteiger partial charge in [0.1, 0.15) is 5.15 Å². The van der Waals surface area contributed by atoms with Crippen molar-refractivity contribution in [1.29, 1.82) is 0 Å². The molecule has 0 saturated carbocycles. The summed E-state index contributed by atoms with van der Waals surface area (Å²) >= 11 is 11.7. The second-order valence-corrected chi connectivity index (χ2v) is 4.99. The third-order valence-electron chi connectivity index (χ3n) is 2.64. The van der Waals surface area contributed by atoms with E-state index in [1.807, 2.05) is 6.92 Å². The molecule has 2 rings (SSSR count). The second-order valence-electron chi connectivity index (χ2n) is 4.20. The van der Waals surface area contributed by atoms with Crippen LogP contribution in [-0.2, 0) is 0 Å². The number of rotatable bonds is 3. The van der Waals surface area contributed by atoms with Gasteiger partial charge in [0.15, 0.2) is 0 Å². The first-order valence-corrected chi connectivity index (χ1v) is 6.52. The Morgan fingerprint density at radius 3 is 2.62 bits per heavy atom. The number of nitrogens with one attached hydrogen (secondary N) is 1. The van der Waals surface area contributed by atoms with Crippen molar-refractivity contribution >= 4 is 40.6 Å². The summed E-state index contributed by atoms with van der Waals surface area (Å²) in [5, 5.41) is 13.5. The van der Waals surface area contributed by atoms with Crippen LogP contribution in [0.4, 0.5) is 11.5 Å². The Bertz CT molecular complexity index is 735. The van der Waals surface area contributed by atoms with Crippen LogP contribution < -0.4 is 5.32 Å². The van der Waals surface area contributed by atoms with E-state index in [0.717, 1.165) is 5.56 Å². The summed E-state index contributed by atoms with van der Waals surface area (Å²) in [4.78, 5) is 26.1. The highest BCUT2D eigenvalue weighted by Gasteiger charge is 2.19. The normalized spacial score (nSPS) is 10.2. The maximum Gasteiger partial charge on any atom is 0.311 e. The predicted molar refractivity (Wildman–Crippen MR) is 80.0 cm³/mol. The van der Waals surface area contributed by atoms with Gasteiger partial charge in [-0.05, 0) is 30.7 Å². The molecule has 6 nitrogen and oxygen atoms in total. The number of carbonyl (C=O) groups is 1. The molecule has 21 heavy (non-hydrogen) atoms. The fourth-order valence-electron chi connectivity index (χ4n) is 1.65. The van der Waals surface area contributed by atoms with Gasteiger partial charge in [0.25, 0.3) is 5.91 Å². The summed E-state index contributed by atoms with van der Waals surface area (Å²) in [5.74, 6) is -0.827. The number of carbonyl (C=O) groups excluding carboxylic acids is 1. The summed E-state index contributed by atoms with van der Waals surface area (Å²) in [6.45, 7) is 1.83. The van der Waals surface area contributed by atoms with Crippen molar-refractivity contribution in [2.45, 2.75) is 6.92 Å². The number of benzene rings is 1. The van der Waals surface area contributed by atoms with Crippen LogP contribution in [0.2, 0.25) is 10.2 Å². The minimum absolute atomic E-state index is 0.0332. The molecule has 0 fully saturated rings. The van der Waals surface area contributed by atoms with E-state index in [2.05, 4.69) is 10.3 Å². The molecular weight excluding hydrogens is 317 g/mol. The van der Waals surface area contributed by atoms with E-state index >= 15 is 0 Å². The minimum Gasteiger partial charge on any atom is -0.301 e. The number of amides is 1. The molecule has 2 aromatic rings. The third kappa shape index (κ3) is 3.48. The lowest BCUT2D eigenvalue weighted by atomic mass is 10.1. The van der Waals surface area contributed by atoms with Crippen molar-refractivity contribution in [3.8, 4) is 0 Å². The number of aryl methyl sites for hydroxylation is 1. The summed E-state index contributed by atoms with van der Waals surface area (Å²) in [6, 6.07) is 7.30. The van der Waals surface area contributed by atoms with Gasteiger partial charge < -0.3 is 5.32 Å². The Morgan fingerprint density at radius 1 is 1.29 bits per heavy atom. The average Bonchev–Trinajstić information content (AvgIpc) is 2.37. The molecule has 0 bridgehead atoms. The third-order valence-corrected chi connectivity index (χ3v) is 3.16. The molecule has 0 aliphatic rings. The first-order valence-electron chi connectivity index (χ1n) is 5.77. The minimum atomic E-state index is -0.657. The fourth-order valence-corrected chi connectivity index (χ4v) is 2.11. The molecule has 0 unspecified atom stereocenters. The van der Waals surface area contributed by atoms with Crippen molar-refractivity contribution in [3.05, 3.63) is 61.7 Å². The van der Waals surface area contributed by atoms with E-state index in [1.54, 1.807) is 12.1 Å². The fraction of sp³-hybridized carbons (Fsp3) is 0.0769. The molecule has 8 heteroatoms. The lowest BCUT2D eigenvalue weighted by Gasteiger charge is -2.07. The van der Waals surface area contributed by atoms with Gasteiger partial charge in [-0.25, -0.2) is 4.98 Å². The summed E-state index contributed by atoms with van der Waals surface area (Å²) in [5.41, 5.74) is 0.734. The maximum absolute atomic E-state index is 12.1. The lowest BCUT2D eigenvalue weighted by molar-refractivity contribution is -0.384. The zero-order valence-electron chi connectivity index (χ0n) is 10.8. The summed E-state index contributed by atoms with van der Waals surface area (Å²) in [7, 11) is 0. The van der Waals surface area contributed by atoms with Gasteiger partial charge in [-0.2, -0.15) is 0 Å². The summed E-state index contributed by atoms with van der Waals surface area (Å²) in [6.07, 6.45) is 0. The van der Waals surface area contributed by atoms with Gasteiger partial charge in [-0.15, -0.1) is 0 Å². The monoisotopic (exact) mass is 325 g/mol. The zero-order chi connectivity index (χ0) is 15.6. The van der Waals surface area contributed by atoms with Gasteiger partial charge in [0.05, 0.1) is 15.5 Å². The van der Waals surface area contributed by atoms with Crippen LogP contribution in [0.15, 0.2) is 30.3 Å². The molecule has 0 aliphatic heterocycles. The molecule has 1 aromatic heterocycles. The largest absolute Gasteiger partial charge is 0.311 e. The highest BCUT2D eigenvalue weighted by Crippen LogP contribution is 2.25. The number of hydrogen-bond acceptors (Lipinski definition) is 4. The van der Waals surface area contributed by atoms with Gasteiger partial charge in [0.2, 0.25) is 5.82 Å². The Balaban J connectivity index is 2.35. The van der Waals surface area contributed by atoms with Gasteiger partial charge in [-0.1, -0.05) is 29.3 Å². The van der Waals surface area contributed by atoms with Crippen LogP contribution >= 0.6 is 23.2 Å².